The number of nitrogens with two attached hydrogens (primary N) is 1. The van der Waals surface area contributed by atoms with E-state index in [4.69, 9.17) is 10.5 Å². The summed E-state index contributed by atoms with van der Waals surface area (Å²) in [6.07, 6.45) is 5.79. The van der Waals surface area contributed by atoms with Crippen molar-refractivity contribution in [1.82, 2.24) is 14.9 Å². The van der Waals surface area contributed by atoms with Crippen LogP contribution in [0.4, 0.5) is 4.79 Å². The zero-order valence-corrected chi connectivity index (χ0v) is 13.2. The highest BCUT2D eigenvalue weighted by Crippen LogP contribution is 2.15. The van der Waals surface area contributed by atoms with Gasteiger partial charge in [-0.15, -0.1) is 0 Å². The first-order chi connectivity index (χ1) is 9.83. The van der Waals surface area contributed by atoms with Gasteiger partial charge in [0.2, 0.25) is 0 Å². The van der Waals surface area contributed by atoms with Gasteiger partial charge in [0, 0.05) is 38.2 Å². The van der Waals surface area contributed by atoms with Crippen LogP contribution in [0.2, 0.25) is 0 Å². The van der Waals surface area contributed by atoms with Crippen molar-refractivity contribution in [2.45, 2.75) is 64.6 Å². The number of hydrogen-bond donors (Lipinski definition) is 2. The largest absolute Gasteiger partial charge is 0.444 e. The minimum absolute atomic E-state index is 0.158. The van der Waals surface area contributed by atoms with Crippen LogP contribution in [-0.4, -0.2) is 33.8 Å². The number of carbonyl (C=O) groups excluding carboxylic acids is 1. The van der Waals surface area contributed by atoms with Gasteiger partial charge >= 0.3 is 6.09 Å². The van der Waals surface area contributed by atoms with E-state index in [9.17, 15) is 4.79 Å². The number of ether oxygens (including phenoxy) is 1. The second kappa shape index (κ2) is 6.47. The molecule has 1 aromatic rings. The van der Waals surface area contributed by atoms with Gasteiger partial charge in [-0.25, -0.2) is 9.78 Å². The Hall–Kier alpha value is -1.56. The van der Waals surface area contributed by atoms with Crippen molar-refractivity contribution in [2.24, 2.45) is 5.73 Å². The molecule has 1 aromatic heterocycles. The maximum Gasteiger partial charge on any atom is 0.407 e. The Morgan fingerprint density at radius 1 is 1.52 bits per heavy atom. The van der Waals surface area contributed by atoms with E-state index in [1.165, 1.54) is 12.8 Å². The van der Waals surface area contributed by atoms with Crippen LogP contribution >= 0.6 is 0 Å². The molecule has 2 rings (SSSR count). The lowest BCUT2D eigenvalue weighted by atomic mass is 10.2. The third-order valence-electron chi connectivity index (χ3n) is 3.34. The highest BCUT2D eigenvalue weighted by molar-refractivity contribution is 5.67. The lowest BCUT2D eigenvalue weighted by Crippen LogP contribution is -2.41. The molecule has 0 saturated carbocycles. The molecule has 1 aliphatic rings. The number of aromatic nitrogens is 2. The molecule has 21 heavy (non-hydrogen) atoms. The van der Waals surface area contributed by atoms with E-state index >= 15 is 0 Å². The first-order valence-electron chi connectivity index (χ1n) is 7.61. The molecule has 0 bridgehead atoms. The van der Waals surface area contributed by atoms with Crippen molar-refractivity contribution in [3.05, 3.63) is 17.7 Å². The molecule has 0 saturated heterocycles. The Kier molecular flexibility index (Phi) is 4.88. The molecule has 6 nitrogen and oxygen atoms in total. The van der Waals surface area contributed by atoms with Gasteiger partial charge in [-0.1, -0.05) is 0 Å². The van der Waals surface area contributed by atoms with E-state index in [1.54, 1.807) is 0 Å². The van der Waals surface area contributed by atoms with E-state index in [2.05, 4.69) is 21.1 Å². The van der Waals surface area contributed by atoms with Gasteiger partial charge in [0.05, 0.1) is 5.69 Å². The molecular weight excluding hydrogens is 268 g/mol. The predicted molar refractivity (Wildman–Crippen MR) is 81.1 cm³/mol. The summed E-state index contributed by atoms with van der Waals surface area (Å²) in [6.45, 7) is 6.94. The molecule has 1 atom stereocenters. The molecule has 2 heterocycles. The molecule has 0 spiro atoms. The van der Waals surface area contributed by atoms with E-state index < -0.39 is 11.7 Å². The summed E-state index contributed by atoms with van der Waals surface area (Å²) in [5.41, 5.74) is 6.57. The topological polar surface area (TPSA) is 82.2 Å². The number of alkyl carbamates (subject to hydrolysis) is 1. The molecule has 6 heteroatoms. The quantitative estimate of drug-likeness (QED) is 0.884. The van der Waals surface area contributed by atoms with Crippen molar-refractivity contribution >= 4 is 6.09 Å². The average molecular weight is 294 g/mol. The van der Waals surface area contributed by atoms with Crippen molar-refractivity contribution in [3.63, 3.8) is 0 Å². The lowest BCUT2D eigenvalue weighted by Gasteiger charge is -2.20. The smallest absolute Gasteiger partial charge is 0.407 e. The van der Waals surface area contributed by atoms with Crippen molar-refractivity contribution in [1.29, 1.82) is 0 Å². The third kappa shape index (κ3) is 5.04. The van der Waals surface area contributed by atoms with E-state index in [-0.39, 0.29) is 6.04 Å². The number of nitrogens with zero attached hydrogens (tertiary/aromatic N) is 2. The van der Waals surface area contributed by atoms with Crippen LogP contribution in [-0.2, 0) is 24.1 Å². The van der Waals surface area contributed by atoms with Gasteiger partial charge in [-0.3, -0.25) is 0 Å². The Labute approximate surface area is 126 Å². The highest BCUT2D eigenvalue weighted by atomic mass is 16.6. The molecule has 0 aromatic carbocycles. The van der Waals surface area contributed by atoms with Gasteiger partial charge in [-0.05, 0) is 33.6 Å². The zero-order chi connectivity index (χ0) is 15.5. The molecule has 0 aliphatic carbocycles. The number of aryl methyl sites for hydroxylation is 2. The van der Waals surface area contributed by atoms with Crippen LogP contribution in [0.15, 0.2) is 6.20 Å². The first kappa shape index (κ1) is 15.8. The Morgan fingerprint density at radius 3 is 2.95 bits per heavy atom. The molecule has 1 aliphatic heterocycles. The van der Waals surface area contributed by atoms with Crippen LogP contribution in [0.25, 0.3) is 0 Å². The van der Waals surface area contributed by atoms with Crippen molar-refractivity contribution in [3.8, 4) is 0 Å². The van der Waals surface area contributed by atoms with Gasteiger partial charge in [0.25, 0.3) is 0 Å². The number of nitrogens with one attached hydrogen (secondary N) is 1. The van der Waals surface area contributed by atoms with Gasteiger partial charge in [0.1, 0.15) is 11.4 Å². The minimum Gasteiger partial charge on any atom is -0.444 e. The fourth-order valence-corrected chi connectivity index (χ4v) is 2.44. The molecular formula is C15H26N4O2. The molecule has 0 radical (unpaired) electrons. The van der Waals surface area contributed by atoms with Gasteiger partial charge < -0.3 is 20.4 Å². The van der Waals surface area contributed by atoms with Crippen molar-refractivity contribution in [2.75, 3.05) is 6.54 Å². The fourth-order valence-electron chi connectivity index (χ4n) is 2.44. The van der Waals surface area contributed by atoms with E-state index in [0.717, 1.165) is 24.5 Å². The number of carbonyl (C=O) groups is 1. The maximum absolute atomic E-state index is 11.6. The summed E-state index contributed by atoms with van der Waals surface area (Å²) in [5, 5.41) is 2.70. The Bertz CT molecular complexity index is 467. The molecule has 0 fully saturated rings. The second-order valence-corrected chi connectivity index (χ2v) is 6.65. The molecule has 1 amide bonds. The first-order valence-corrected chi connectivity index (χ1v) is 7.61. The number of fused-ring (bicyclic) bond motifs is 1. The number of hydrogen-bond acceptors (Lipinski definition) is 4. The lowest BCUT2D eigenvalue weighted by molar-refractivity contribution is 0.0524. The summed E-state index contributed by atoms with van der Waals surface area (Å²) >= 11 is 0. The molecule has 118 valence electrons. The summed E-state index contributed by atoms with van der Waals surface area (Å²) in [5.74, 6) is 1.16. The number of rotatable bonds is 4. The standard InChI is InChI=1S/C15H26N4O2/c1-15(2,3)21-14(20)17-9-11(16)8-12-10-19-7-5-4-6-13(19)18-12/h10-11H,4-9,16H2,1-3H3,(H,17,20). The number of amides is 1. The Morgan fingerprint density at radius 2 is 2.29 bits per heavy atom. The fraction of sp³-hybridized carbons (Fsp3) is 0.733. The average Bonchev–Trinajstić information content (AvgIpc) is 2.76. The summed E-state index contributed by atoms with van der Waals surface area (Å²) < 4.78 is 7.39. The van der Waals surface area contributed by atoms with Gasteiger partial charge in [-0.2, -0.15) is 0 Å². The van der Waals surface area contributed by atoms with Crippen LogP contribution in [0, 0.1) is 0 Å². The predicted octanol–water partition coefficient (Wildman–Crippen LogP) is 1.61. The monoisotopic (exact) mass is 294 g/mol. The van der Waals surface area contributed by atoms with E-state index in [0.29, 0.717) is 13.0 Å². The summed E-state index contributed by atoms with van der Waals surface area (Å²) in [6, 6.07) is -0.158. The summed E-state index contributed by atoms with van der Waals surface area (Å²) in [7, 11) is 0. The zero-order valence-electron chi connectivity index (χ0n) is 13.2. The van der Waals surface area contributed by atoms with E-state index in [1.807, 2.05) is 20.8 Å². The normalized spacial score (nSPS) is 16.2. The number of imidazole rings is 1. The minimum atomic E-state index is -0.489. The highest BCUT2D eigenvalue weighted by Gasteiger charge is 2.18. The SMILES string of the molecule is CC(C)(C)OC(=O)NCC(N)Cc1cn2c(n1)CCCC2. The molecule has 1 unspecified atom stereocenters. The maximum atomic E-state index is 11.6. The van der Waals surface area contributed by atoms with Crippen LogP contribution in [0.3, 0.4) is 0 Å². The summed E-state index contributed by atoms with van der Waals surface area (Å²) in [4.78, 5) is 16.2. The van der Waals surface area contributed by atoms with Gasteiger partial charge in [0.15, 0.2) is 0 Å². The Balaban J connectivity index is 1.78. The van der Waals surface area contributed by atoms with Crippen LogP contribution in [0.1, 0.15) is 45.1 Å². The third-order valence-corrected chi connectivity index (χ3v) is 3.34. The van der Waals surface area contributed by atoms with Crippen LogP contribution in [0.5, 0.6) is 0 Å². The second-order valence-electron chi connectivity index (χ2n) is 6.65. The van der Waals surface area contributed by atoms with Crippen molar-refractivity contribution < 1.29 is 9.53 Å². The molecule has 3 N–H and O–H groups in total. The van der Waals surface area contributed by atoms with Crippen LogP contribution < -0.4 is 11.1 Å².